The van der Waals surface area contributed by atoms with Crippen molar-refractivity contribution in [1.29, 1.82) is 0 Å². The average molecular weight is 504 g/mol. The second-order valence-corrected chi connectivity index (χ2v) is 12.0. The molecular weight excluding hydrogens is 458 g/mol. The third-order valence-corrected chi connectivity index (χ3v) is 9.44. The van der Waals surface area contributed by atoms with Crippen LogP contribution in [0, 0.1) is 17.8 Å². The van der Waals surface area contributed by atoms with Gasteiger partial charge in [0.1, 0.15) is 5.60 Å². The molecular formula is C32H45N3O2. The van der Waals surface area contributed by atoms with Crippen molar-refractivity contribution in [2.45, 2.75) is 82.4 Å². The quantitative estimate of drug-likeness (QED) is 0.434. The summed E-state index contributed by atoms with van der Waals surface area (Å²) in [6, 6.07) is 18.7. The molecule has 0 spiro atoms. The zero-order valence-electron chi connectivity index (χ0n) is 22.4. The van der Waals surface area contributed by atoms with Crippen molar-refractivity contribution in [3.63, 3.8) is 0 Å². The maximum absolute atomic E-state index is 13.0. The smallest absolute Gasteiger partial charge is 0.315 e. The van der Waals surface area contributed by atoms with Gasteiger partial charge in [-0.2, -0.15) is 0 Å². The summed E-state index contributed by atoms with van der Waals surface area (Å²) in [5, 5.41) is 18.2. The second kappa shape index (κ2) is 12.0. The van der Waals surface area contributed by atoms with Crippen molar-refractivity contribution in [2.75, 3.05) is 19.6 Å². The minimum atomic E-state index is -1.32. The van der Waals surface area contributed by atoms with E-state index in [1.54, 1.807) is 0 Å². The molecule has 2 amide bonds. The fourth-order valence-corrected chi connectivity index (χ4v) is 7.12. The molecule has 5 nitrogen and oxygen atoms in total. The summed E-state index contributed by atoms with van der Waals surface area (Å²) in [5.74, 6) is 2.67. The minimum absolute atomic E-state index is 0.193. The third kappa shape index (κ3) is 6.38. The molecule has 2 heterocycles. The van der Waals surface area contributed by atoms with E-state index in [2.05, 4.69) is 15.5 Å². The number of fused-ring (bicyclic) bond motifs is 4. The lowest BCUT2D eigenvalue weighted by Crippen LogP contribution is -2.54. The van der Waals surface area contributed by atoms with Crippen LogP contribution in [0.5, 0.6) is 0 Å². The summed E-state index contributed by atoms with van der Waals surface area (Å²) in [7, 11) is 0. The zero-order valence-corrected chi connectivity index (χ0v) is 22.4. The van der Waals surface area contributed by atoms with Crippen molar-refractivity contribution >= 4 is 6.03 Å². The number of carbonyl (C=O) groups excluding carboxylic acids is 1. The lowest BCUT2D eigenvalue weighted by atomic mass is 9.81. The van der Waals surface area contributed by atoms with Crippen LogP contribution in [0.1, 0.15) is 75.8 Å². The van der Waals surface area contributed by atoms with Crippen molar-refractivity contribution in [1.82, 2.24) is 15.5 Å². The Hall–Kier alpha value is -2.37. The van der Waals surface area contributed by atoms with E-state index >= 15 is 0 Å². The number of nitrogens with one attached hydrogen (secondary N) is 2. The molecule has 3 N–H and O–H groups in total. The second-order valence-electron chi connectivity index (χ2n) is 12.0. The van der Waals surface area contributed by atoms with Crippen LogP contribution in [0.2, 0.25) is 0 Å². The van der Waals surface area contributed by atoms with E-state index in [1.807, 2.05) is 67.6 Å². The van der Waals surface area contributed by atoms with Crippen LogP contribution in [0.15, 0.2) is 60.7 Å². The van der Waals surface area contributed by atoms with Gasteiger partial charge in [0.05, 0.1) is 6.04 Å². The highest BCUT2D eigenvalue weighted by molar-refractivity contribution is 5.75. The Morgan fingerprint density at radius 1 is 0.865 bits per heavy atom. The highest BCUT2D eigenvalue weighted by Crippen LogP contribution is 2.35. The molecule has 2 aromatic rings. The SMILES string of the molecule is C[C@H](NC(=O)N[C@H]1CC[C@H](CCN2CC3CCC(CC3)C2)CC1)C(O)(c1ccccc1)c1ccccc1. The fourth-order valence-electron chi connectivity index (χ4n) is 7.12. The van der Waals surface area contributed by atoms with Gasteiger partial charge in [0.2, 0.25) is 0 Å². The monoisotopic (exact) mass is 503 g/mol. The molecule has 0 unspecified atom stereocenters. The molecule has 5 heteroatoms. The topological polar surface area (TPSA) is 64.6 Å². The van der Waals surface area contributed by atoms with Crippen molar-refractivity contribution in [3.8, 4) is 0 Å². The number of hydrogen-bond acceptors (Lipinski definition) is 3. The van der Waals surface area contributed by atoms with E-state index in [-0.39, 0.29) is 12.1 Å². The van der Waals surface area contributed by atoms with Crippen LogP contribution in [0.25, 0.3) is 0 Å². The number of aliphatic hydroxyl groups is 1. The van der Waals surface area contributed by atoms with Gasteiger partial charge in [-0.05, 0) is 100 Å². The Labute approximate surface area is 223 Å². The molecule has 0 radical (unpaired) electrons. The maximum Gasteiger partial charge on any atom is 0.315 e. The van der Waals surface area contributed by atoms with Crippen LogP contribution < -0.4 is 10.6 Å². The van der Waals surface area contributed by atoms with Gasteiger partial charge in [0.15, 0.2) is 0 Å². The molecule has 0 aromatic heterocycles. The average Bonchev–Trinajstić information content (AvgIpc) is 3.26. The van der Waals surface area contributed by atoms with Gasteiger partial charge in [0.25, 0.3) is 0 Å². The molecule has 37 heavy (non-hydrogen) atoms. The summed E-state index contributed by atoms with van der Waals surface area (Å²) < 4.78 is 0. The molecule has 4 aliphatic rings. The standard InChI is InChI=1S/C32H45N3O2/c1-24(32(37,28-8-4-2-5-9-28)29-10-6-3-7-11-29)33-31(36)34-30-18-16-25(17-19-30)20-21-35-22-26-12-13-27(23-35)15-14-26/h2-11,24-27,30,37H,12-23H2,1H3,(H2,33,34,36)/t24-,25-,26?,27?,30-/m0/s1. The van der Waals surface area contributed by atoms with Gasteiger partial charge >= 0.3 is 6.03 Å². The summed E-state index contributed by atoms with van der Waals surface area (Å²) in [4.78, 5) is 15.8. The number of carbonyl (C=O) groups is 1. The Kier molecular flexibility index (Phi) is 8.51. The molecule has 200 valence electrons. The van der Waals surface area contributed by atoms with Gasteiger partial charge in [0, 0.05) is 19.1 Å². The molecule has 2 saturated carbocycles. The fraction of sp³-hybridized carbons (Fsp3) is 0.594. The molecule has 6 rings (SSSR count). The number of urea groups is 1. The van der Waals surface area contributed by atoms with E-state index in [0.717, 1.165) is 41.7 Å². The number of nitrogens with zero attached hydrogens (tertiary/aromatic N) is 1. The van der Waals surface area contributed by atoms with E-state index < -0.39 is 11.6 Å². The minimum Gasteiger partial charge on any atom is -0.378 e. The first-order chi connectivity index (χ1) is 18.0. The molecule has 2 saturated heterocycles. The Morgan fingerprint density at radius 2 is 1.38 bits per heavy atom. The summed E-state index contributed by atoms with van der Waals surface area (Å²) in [6.45, 7) is 5.78. The Morgan fingerprint density at radius 3 is 1.89 bits per heavy atom. The first-order valence-corrected chi connectivity index (χ1v) is 14.6. The lowest BCUT2D eigenvalue weighted by molar-refractivity contribution is 0.0470. The van der Waals surface area contributed by atoms with Crippen LogP contribution >= 0.6 is 0 Å². The highest BCUT2D eigenvalue weighted by atomic mass is 16.3. The van der Waals surface area contributed by atoms with Crippen LogP contribution in [-0.2, 0) is 5.60 Å². The Bertz CT molecular complexity index is 928. The summed E-state index contributed by atoms with van der Waals surface area (Å²) in [5.41, 5.74) is 0.225. The number of amides is 2. The van der Waals surface area contributed by atoms with Crippen LogP contribution in [0.3, 0.4) is 0 Å². The molecule has 4 fully saturated rings. The first-order valence-electron chi connectivity index (χ1n) is 14.6. The number of benzene rings is 2. The molecule has 2 aliphatic carbocycles. The zero-order chi connectivity index (χ0) is 25.7. The van der Waals surface area contributed by atoms with E-state index in [1.165, 1.54) is 64.6 Å². The predicted octanol–water partition coefficient (Wildman–Crippen LogP) is 5.68. The largest absolute Gasteiger partial charge is 0.378 e. The summed E-state index contributed by atoms with van der Waals surface area (Å²) >= 11 is 0. The Balaban J connectivity index is 1.10. The van der Waals surface area contributed by atoms with Crippen LogP contribution in [-0.4, -0.2) is 47.8 Å². The van der Waals surface area contributed by atoms with Gasteiger partial charge in [-0.25, -0.2) is 4.79 Å². The third-order valence-electron chi connectivity index (χ3n) is 9.44. The summed E-state index contributed by atoms with van der Waals surface area (Å²) in [6.07, 6.45) is 11.6. The van der Waals surface area contributed by atoms with Crippen molar-refractivity contribution < 1.29 is 9.90 Å². The lowest BCUT2D eigenvalue weighted by Gasteiger charge is -2.36. The van der Waals surface area contributed by atoms with Gasteiger partial charge in [-0.3, -0.25) is 0 Å². The van der Waals surface area contributed by atoms with E-state index in [9.17, 15) is 9.90 Å². The van der Waals surface area contributed by atoms with Gasteiger partial charge in [-0.1, -0.05) is 60.7 Å². The van der Waals surface area contributed by atoms with Gasteiger partial charge in [-0.15, -0.1) is 0 Å². The maximum atomic E-state index is 13.0. The molecule has 2 aliphatic heterocycles. The van der Waals surface area contributed by atoms with Crippen molar-refractivity contribution in [2.24, 2.45) is 17.8 Å². The first kappa shape index (κ1) is 26.2. The van der Waals surface area contributed by atoms with E-state index in [0.29, 0.717) is 0 Å². The number of rotatable bonds is 8. The molecule has 1 atom stereocenters. The number of hydrogen-bond donors (Lipinski definition) is 3. The van der Waals surface area contributed by atoms with E-state index in [4.69, 9.17) is 0 Å². The predicted molar refractivity (Wildman–Crippen MR) is 149 cm³/mol. The molecule has 2 bridgehead atoms. The normalized spacial score (nSPS) is 27.3. The van der Waals surface area contributed by atoms with Crippen LogP contribution in [0.4, 0.5) is 4.79 Å². The van der Waals surface area contributed by atoms with Gasteiger partial charge < -0.3 is 20.6 Å². The van der Waals surface area contributed by atoms with Crippen molar-refractivity contribution in [3.05, 3.63) is 71.8 Å². The molecule has 2 aromatic carbocycles. The highest BCUT2D eigenvalue weighted by Gasteiger charge is 2.39.